The third-order valence-corrected chi connectivity index (χ3v) is 3.31. The van der Waals surface area contributed by atoms with E-state index in [1.54, 1.807) is 0 Å². The van der Waals surface area contributed by atoms with E-state index < -0.39 is 30.3 Å². The lowest BCUT2D eigenvalue weighted by Gasteiger charge is -2.45. The summed E-state index contributed by atoms with van der Waals surface area (Å²) in [6, 6.07) is 4.50. The molecule has 0 amide bonds. The van der Waals surface area contributed by atoms with Gasteiger partial charge in [-0.1, -0.05) is 0 Å². The molecule has 1 aromatic rings. The Morgan fingerprint density at radius 3 is 2.42 bits per heavy atom. The minimum Gasteiger partial charge on any atom is -0.496 e. The third-order valence-electron chi connectivity index (χ3n) is 3.31. The van der Waals surface area contributed by atoms with Crippen LogP contribution in [0.4, 0.5) is 8.78 Å². The van der Waals surface area contributed by atoms with E-state index in [-0.39, 0.29) is 5.56 Å². The topological polar surface area (TPSA) is 61.5 Å². The largest absolute Gasteiger partial charge is 0.496 e. The number of ether oxygens (including phenoxy) is 2. The summed E-state index contributed by atoms with van der Waals surface area (Å²) in [5.74, 6) is -2.91. The zero-order valence-electron chi connectivity index (χ0n) is 10.7. The van der Waals surface area contributed by atoms with Crippen LogP contribution < -0.4 is 10.5 Å². The van der Waals surface area contributed by atoms with Crippen LogP contribution in [-0.4, -0.2) is 26.1 Å². The van der Waals surface area contributed by atoms with Crippen LogP contribution in [0.3, 0.4) is 0 Å². The van der Waals surface area contributed by atoms with Crippen molar-refractivity contribution in [1.82, 2.24) is 0 Å². The Bertz CT molecular complexity index is 509. The number of hydrogen-bond acceptors (Lipinski definition) is 4. The second-order valence-corrected chi connectivity index (χ2v) is 4.77. The van der Waals surface area contributed by atoms with E-state index in [0.717, 1.165) is 0 Å². The minimum absolute atomic E-state index is 0.262. The van der Waals surface area contributed by atoms with Gasteiger partial charge in [0, 0.05) is 18.4 Å². The second-order valence-electron chi connectivity index (χ2n) is 4.77. The molecule has 0 bridgehead atoms. The lowest BCUT2D eigenvalue weighted by atomic mass is 9.69. The first kappa shape index (κ1) is 13.7. The summed E-state index contributed by atoms with van der Waals surface area (Å²) in [7, 11) is 2.68. The fraction of sp³-hybridized carbons (Fsp3) is 0.462. The summed E-state index contributed by atoms with van der Waals surface area (Å²) in [5, 5.41) is 0. The number of hydrogen-bond donors (Lipinski definition) is 1. The number of halogens is 2. The van der Waals surface area contributed by atoms with Gasteiger partial charge in [0.2, 0.25) is 0 Å². The molecule has 0 aliphatic heterocycles. The molecule has 2 N–H and O–H groups in total. The molecule has 104 valence electrons. The smallest absolute Gasteiger partial charge is 0.337 e. The molecule has 1 aromatic carbocycles. The van der Waals surface area contributed by atoms with Gasteiger partial charge in [-0.3, -0.25) is 0 Å². The normalized spacial score (nSPS) is 19.4. The van der Waals surface area contributed by atoms with Crippen LogP contribution in [-0.2, 0) is 10.3 Å². The summed E-state index contributed by atoms with van der Waals surface area (Å²) in [6.07, 6.45) is -0.915. The quantitative estimate of drug-likeness (QED) is 0.855. The Hall–Kier alpha value is -1.69. The van der Waals surface area contributed by atoms with Gasteiger partial charge in [-0.25, -0.2) is 13.6 Å². The standard InChI is InChI=1S/C13H15F2NO3/c1-18-10-4-3-8(11(17)19-2)5-9(10)12(16)6-13(14,15)7-12/h3-5H,6-7,16H2,1-2H3. The highest BCUT2D eigenvalue weighted by atomic mass is 19.3. The molecule has 4 nitrogen and oxygen atoms in total. The Morgan fingerprint density at radius 1 is 1.32 bits per heavy atom. The van der Waals surface area contributed by atoms with Crippen LogP contribution in [0.15, 0.2) is 18.2 Å². The van der Waals surface area contributed by atoms with Crippen molar-refractivity contribution in [3.63, 3.8) is 0 Å². The molecular formula is C13H15F2NO3. The summed E-state index contributed by atoms with van der Waals surface area (Å²) < 4.78 is 35.9. The minimum atomic E-state index is -2.76. The molecule has 1 aliphatic carbocycles. The van der Waals surface area contributed by atoms with Crippen molar-refractivity contribution < 1.29 is 23.0 Å². The van der Waals surface area contributed by atoms with Crippen molar-refractivity contribution in [2.75, 3.05) is 14.2 Å². The number of rotatable bonds is 3. The van der Waals surface area contributed by atoms with Gasteiger partial charge in [-0.05, 0) is 18.2 Å². The predicted octanol–water partition coefficient (Wildman–Crippen LogP) is 2.06. The average molecular weight is 271 g/mol. The molecule has 0 saturated heterocycles. The average Bonchev–Trinajstić information content (AvgIpc) is 2.34. The maximum Gasteiger partial charge on any atom is 0.337 e. The molecule has 1 aliphatic rings. The lowest BCUT2D eigenvalue weighted by molar-refractivity contribution is -0.125. The molecule has 1 saturated carbocycles. The summed E-state index contributed by atoms with van der Waals surface area (Å²) in [6.45, 7) is 0. The number of esters is 1. The molecular weight excluding hydrogens is 256 g/mol. The molecule has 1 fully saturated rings. The van der Waals surface area contributed by atoms with E-state index in [4.69, 9.17) is 10.5 Å². The first-order valence-electron chi connectivity index (χ1n) is 5.75. The van der Waals surface area contributed by atoms with E-state index in [1.165, 1.54) is 32.4 Å². The van der Waals surface area contributed by atoms with Gasteiger partial charge in [-0.15, -0.1) is 0 Å². The summed E-state index contributed by atoms with van der Waals surface area (Å²) in [4.78, 5) is 11.5. The Morgan fingerprint density at radius 2 is 1.95 bits per heavy atom. The summed E-state index contributed by atoms with van der Waals surface area (Å²) >= 11 is 0. The van der Waals surface area contributed by atoms with E-state index in [9.17, 15) is 13.6 Å². The van der Waals surface area contributed by atoms with Crippen LogP contribution >= 0.6 is 0 Å². The fourth-order valence-electron chi connectivity index (χ4n) is 2.40. The molecule has 6 heteroatoms. The lowest BCUT2D eigenvalue weighted by Crippen LogP contribution is -2.55. The second kappa shape index (κ2) is 4.45. The molecule has 0 radical (unpaired) electrons. The Kier molecular flexibility index (Phi) is 3.22. The Labute approximate surface area is 109 Å². The van der Waals surface area contributed by atoms with Gasteiger partial charge in [-0.2, -0.15) is 0 Å². The third kappa shape index (κ3) is 2.40. The van der Waals surface area contributed by atoms with Crippen molar-refractivity contribution in [2.45, 2.75) is 24.3 Å². The van der Waals surface area contributed by atoms with Crippen molar-refractivity contribution in [2.24, 2.45) is 5.73 Å². The van der Waals surface area contributed by atoms with Crippen LogP contribution in [0.25, 0.3) is 0 Å². The van der Waals surface area contributed by atoms with Crippen molar-refractivity contribution in [1.29, 1.82) is 0 Å². The SMILES string of the molecule is COC(=O)c1ccc(OC)c(C2(N)CC(F)(F)C2)c1. The highest BCUT2D eigenvalue weighted by Crippen LogP contribution is 2.52. The monoisotopic (exact) mass is 271 g/mol. The molecule has 0 heterocycles. The molecule has 0 aromatic heterocycles. The van der Waals surface area contributed by atoms with Gasteiger partial charge < -0.3 is 15.2 Å². The number of benzene rings is 1. The molecule has 0 spiro atoms. The van der Waals surface area contributed by atoms with Gasteiger partial charge >= 0.3 is 5.97 Å². The van der Waals surface area contributed by atoms with Crippen molar-refractivity contribution in [3.8, 4) is 5.75 Å². The van der Waals surface area contributed by atoms with Crippen LogP contribution in [0.2, 0.25) is 0 Å². The van der Waals surface area contributed by atoms with E-state index in [2.05, 4.69) is 4.74 Å². The van der Waals surface area contributed by atoms with Crippen LogP contribution in [0.1, 0.15) is 28.8 Å². The molecule has 2 rings (SSSR count). The van der Waals surface area contributed by atoms with Gasteiger partial charge in [0.05, 0.1) is 25.3 Å². The first-order valence-corrected chi connectivity index (χ1v) is 5.75. The number of carbonyl (C=O) groups excluding carboxylic acids is 1. The van der Waals surface area contributed by atoms with Crippen molar-refractivity contribution in [3.05, 3.63) is 29.3 Å². The molecule has 0 unspecified atom stereocenters. The number of carbonyl (C=O) groups is 1. The maximum atomic E-state index is 13.1. The number of alkyl halides is 2. The van der Waals surface area contributed by atoms with Crippen LogP contribution in [0.5, 0.6) is 5.75 Å². The Balaban J connectivity index is 2.40. The van der Waals surface area contributed by atoms with Gasteiger partial charge in [0.25, 0.3) is 5.92 Å². The zero-order valence-corrected chi connectivity index (χ0v) is 10.7. The van der Waals surface area contributed by atoms with Gasteiger partial charge in [0.15, 0.2) is 0 Å². The maximum absolute atomic E-state index is 13.1. The van der Waals surface area contributed by atoms with Crippen molar-refractivity contribution >= 4 is 5.97 Å². The highest BCUT2D eigenvalue weighted by molar-refractivity contribution is 5.89. The molecule has 19 heavy (non-hydrogen) atoms. The zero-order chi connectivity index (χ0) is 14.3. The van der Waals surface area contributed by atoms with E-state index in [1.807, 2.05) is 0 Å². The number of nitrogens with two attached hydrogens (primary N) is 1. The predicted molar refractivity (Wildman–Crippen MR) is 64.4 cm³/mol. The fourth-order valence-corrected chi connectivity index (χ4v) is 2.40. The summed E-state index contributed by atoms with van der Waals surface area (Å²) in [5.41, 5.74) is 5.48. The highest BCUT2D eigenvalue weighted by Gasteiger charge is 2.56. The molecule has 0 atom stereocenters. The first-order chi connectivity index (χ1) is 8.81. The van der Waals surface area contributed by atoms with Crippen LogP contribution in [0, 0.1) is 0 Å². The number of methoxy groups -OCH3 is 2. The van der Waals surface area contributed by atoms with Gasteiger partial charge in [0.1, 0.15) is 5.75 Å². The van der Waals surface area contributed by atoms with E-state index in [0.29, 0.717) is 11.3 Å². The van der Waals surface area contributed by atoms with E-state index >= 15 is 0 Å².